The van der Waals surface area contributed by atoms with E-state index in [4.69, 9.17) is 4.74 Å². The molecule has 0 aliphatic carbocycles. The second-order valence-electron chi connectivity index (χ2n) is 5.09. The number of benzene rings is 1. The van der Waals surface area contributed by atoms with Crippen LogP contribution in [0.15, 0.2) is 53.9 Å². The number of nitrogens with one attached hydrogen (secondary N) is 1. The summed E-state index contributed by atoms with van der Waals surface area (Å²) in [4.78, 5) is 15.6. The number of hydrogen-bond acceptors (Lipinski definition) is 4. The molecular weight excluding hydrogens is 278 g/mol. The molecule has 22 heavy (non-hydrogen) atoms. The quantitative estimate of drug-likeness (QED) is 0.658. The Morgan fingerprint density at radius 2 is 2.09 bits per heavy atom. The van der Waals surface area contributed by atoms with Crippen molar-refractivity contribution >= 4 is 12.1 Å². The molecule has 0 saturated heterocycles. The number of hydrogen-bond donors (Lipinski definition) is 1. The highest BCUT2D eigenvalue weighted by molar-refractivity contribution is 5.82. The molecular formula is C17H19N3O2. The van der Waals surface area contributed by atoms with Gasteiger partial charge in [0.25, 0.3) is 5.91 Å². The van der Waals surface area contributed by atoms with E-state index in [2.05, 4.69) is 29.4 Å². The van der Waals surface area contributed by atoms with E-state index in [1.54, 1.807) is 30.7 Å². The first-order valence-electron chi connectivity index (χ1n) is 7.10. The lowest BCUT2D eigenvalue weighted by molar-refractivity contribution is -0.123. The summed E-state index contributed by atoms with van der Waals surface area (Å²) in [5.41, 5.74) is 4.46. The third-order valence-electron chi connectivity index (χ3n) is 3.00. The van der Waals surface area contributed by atoms with Crippen LogP contribution >= 0.6 is 0 Å². The fraction of sp³-hybridized carbons (Fsp3) is 0.235. The summed E-state index contributed by atoms with van der Waals surface area (Å²) in [5, 5.41) is 3.87. The zero-order valence-corrected chi connectivity index (χ0v) is 12.7. The van der Waals surface area contributed by atoms with E-state index in [1.165, 1.54) is 5.56 Å². The summed E-state index contributed by atoms with van der Waals surface area (Å²) in [6, 6.07) is 11.3. The first kappa shape index (κ1) is 15.7. The van der Waals surface area contributed by atoms with Crippen LogP contribution in [0.4, 0.5) is 0 Å². The number of aromatic nitrogens is 1. The fourth-order valence-electron chi connectivity index (χ4n) is 1.77. The monoisotopic (exact) mass is 297 g/mol. The van der Waals surface area contributed by atoms with Crippen molar-refractivity contribution in [2.75, 3.05) is 6.61 Å². The van der Waals surface area contributed by atoms with Crippen molar-refractivity contribution in [2.24, 2.45) is 5.10 Å². The van der Waals surface area contributed by atoms with Crippen LogP contribution in [0.5, 0.6) is 5.75 Å². The number of carbonyl (C=O) groups excluding carboxylic acids is 1. The van der Waals surface area contributed by atoms with Gasteiger partial charge in [0.2, 0.25) is 0 Å². The number of rotatable bonds is 6. The molecule has 1 amide bonds. The molecule has 0 unspecified atom stereocenters. The molecule has 0 atom stereocenters. The number of hydrazone groups is 1. The first-order chi connectivity index (χ1) is 10.6. The minimum absolute atomic E-state index is 0.0742. The predicted molar refractivity (Wildman–Crippen MR) is 86.0 cm³/mol. The van der Waals surface area contributed by atoms with Crippen molar-refractivity contribution in [2.45, 2.75) is 19.8 Å². The minimum Gasteiger partial charge on any atom is -0.484 e. The van der Waals surface area contributed by atoms with Crippen molar-refractivity contribution in [1.82, 2.24) is 10.4 Å². The number of carbonyl (C=O) groups is 1. The van der Waals surface area contributed by atoms with Crippen LogP contribution in [0, 0.1) is 0 Å². The zero-order valence-electron chi connectivity index (χ0n) is 12.7. The van der Waals surface area contributed by atoms with Gasteiger partial charge in [-0.25, -0.2) is 5.43 Å². The molecule has 2 aromatic rings. The van der Waals surface area contributed by atoms with Crippen molar-refractivity contribution in [3.63, 3.8) is 0 Å². The summed E-state index contributed by atoms with van der Waals surface area (Å²) in [6.45, 7) is 4.15. The van der Waals surface area contributed by atoms with Gasteiger partial charge in [0.15, 0.2) is 6.61 Å². The SMILES string of the molecule is CC(C)c1cccc(OCC(=O)N/N=C/c2ccncc2)c1. The van der Waals surface area contributed by atoms with Gasteiger partial charge >= 0.3 is 0 Å². The molecule has 0 spiro atoms. The summed E-state index contributed by atoms with van der Waals surface area (Å²) in [7, 11) is 0. The van der Waals surface area contributed by atoms with E-state index in [0.717, 1.165) is 5.56 Å². The molecule has 114 valence electrons. The third kappa shape index (κ3) is 5.01. The lowest BCUT2D eigenvalue weighted by Gasteiger charge is -2.09. The molecule has 0 radical (unpaired) electrons. The van der Waals surface area contributed by atoms with Crippen LogP contribution < -0.4 is 10.2 Å². The fourth-order valence-corrected chi connectivity index (χ4v) is 1.77. The summed E-state index contributed by atoms with van der Waals surface area (Å²) < 4.78 is 5.47. The third-order valence-corrected chi connectivity index (χ3v) is 3.00. The van der Waals surface area contributed by atoms with Gasteiger partial charge in [-0.1, -0.05) is 26.0 Å². The molecule has 1 heterocycles. The van der Waals surface area contributed by atoms with Crippen molar-refractivity contribution in [1.29, 1.82) is 0 Å². The van der Waals surface area contributed by atoms with Gasteiger partial charge in [0.05, 0.1) is 6.21 Å². The van der Waals surface area contributed by atoms with Crippen LogP contribution in [0.3, 0.4) is 0 Å². The molecule has 5 heteroatoms. The number of ether oxygens (including phenoxy) is 1. The molecule has 0 saturated carbocycles. The number of pyridine rings is 1. The first-order valence-corrected chi connectivity index (χ1v) is 7.10. The van der Waals surface area contributed by atoms with Gasteiger partial charge in [0, 0.05) is 12.4 Å². The Morgan fingerprint density at radius 1 is 1.32 bits per heavy atom. The average Bonchev–Trinajstić information content (AvgIpc) is 2.54. The Balaban J connectivity index is 1.80. The maximum atomic E-state index is 11.7. The van der Waals surface area contributed by atoms with Crippen LogP contribution in [-0.2, 0) is 4.79 Å². The molecule has 2 rings (SSSR count). The standard InChI is InChI=1S/C17H19N3O2/c1-13(2)15-4-3-5-16(10-15)22-12-17(21)20-19-11-14-6-8-18-9-7-14/h3-11,13H,12H2,1-2H3,(H,20,21)/b19-11+. The number of nitrogens with zero attached hydrogens (tertiary/aromatic N) is 2. The molecule has 0 aliphatic rings. The Kier molecular flexibility index (Phi) is 5.65. The Morgan fingerprint density at radius 3 is 2.82 bits per heavy atom. The van der Waals surface area contributed by atoms with Crippen LogP contribution in [0.2, 0.25) is 0 Å². The second kappa shape index (κ2) is 7.93. The molecule has 1 N–H and O–H groups in total. The van der Waals surface area contributed by atoms with E-state index in [9.17, 15) is 4.79 Å². The molecule has 5 nitrogen and oxygen atoms in total. The molecule has 0 bridgehead atoms. The topological polar surface area (TPSA) is 63.6 Å². The predicted octanol–water partition coefficient (Wildman–Crippen LogP) is 2.73. The van der Waals surface area contributed by atoms with Gasteiger partial charge in [-0.3, -0.25) is 9.78 Å². The van der Waals surface area contributed by atoms with Crippen molar-refractivity contribution in [3.8, 4) is 5.75 Å². The summed E-state index contributed by atoms with van der Waals surface area (Å²) in [6.07, 6.45) is 4.88. The molecule has 1 aromatic carbocycles. The van der Waals surface area contributed by atoms with E-state index in [1.807, 2.05) is 24.3 Å². The Labute approximate surface area is 130 Å². The average molecular weight is 297 g/mol. The highest BCUT2D eigenvalue weighted by Gasteiger charge is 2.04. The van der Waals surface area contributed by atoms with Gasteiger partial charge in [0.1, 0.15) is 5.75 Å². The van der Waals surface area contributed by atoms with E-state index >= 15 is 0 Å². The Bertz CT molecular complexity index is 639. The number of amides is 1. The second-order valence-corrected chi connectivity index (χ2v) is 5.09. The van der Waals surface area contributed by atoms with Crippen molar-refractivity contribution < 1.29 is 9.53 Å². The zero-order chi connectivity index (χ0) is 15.8. The molecule has 0 fully saturated rings. The highest BCUT2D eigenvalue weighted by Crippen LogP contribution is 2.19. The molecule has 1 aromatic heterocycles. The summed E-state index contributed by atoms with van der Waals surface area (Å²) >= 11 is 0. The minimum atomic E-state index is -0.305. The van der Waals surface area contributed by atoms with E-state index in [-0.39, 0.29) is 12.5 Å². The van der Waals surface area contributed by atoms with E-state index in [0.29, 0.717) is 11.7 Å². The van der Waals surface area contributed by atoms with Gasteiger partial charge in [-0.2, -0.15) is 5.10 Å². The maximum Gasteiger partial charge on any atom is 0.277 e. The van der Waals surface area contributed by atoms with Crippen molar-refractivity contribution in [3.05, 3.63) is 59.9 Å². The molecule has 0 aliphatic heterocycles. The smallest absolute Gasteiger partial charge is 0.277 e. The Hall–Kier alpha value is -2.69. The normalized spacial score (nSPS) is 10.9. The largest absolute Gasteiger partial charge is 0.484 e. The maximum absolute atomic E-state index is 11.7. The van der Waals surface area contributed by atoms with E-state index < -0.39 is 0 Å². The highest BCUT2D eigenvalue weighted by atomic mass is 16.5. The van der Waals surface area contributed by atoms with Crippen LogP contribution in [-0.4, -0.2) is 23.7 Å². The van der Waals surface area contributed by atoms with Crippen LogP contribution in [0.1, 0.15) is 30.9 Å². The van der Waals surface area contributed by atoms with Gasteiger partial charge in [-0.15, -0.1) is 0 Å². The van der Waals surface area contributed by atoms with Crippen LogP contribution in [0.25, 0.3) is 0 Å². The van der Waals surface area contributed by atoms with Gasteiger partial charge in [-0.05, 0) is 41.3 Å². The van der Waals surface area contributed by atoms with Gasteiger partial charge < -0.3 is 4.74 Å². The lowest BCUT2D eigenvalue weighted by atomic mass is 10.0. The lowest BCUT2D eigenvalue weighted by Crippen LogP contribution is -2.24. The summed E-state index contributed by atoms with van der Waals surface area (Å²) in [5.74, 6) is 0.794.